The quantitative estimate of drug-likeness (QED) is 0.392. The number of nitrogens with one attached hydrogen (secondary N) is 1. The van der Waals surface area contributed by atoms with Gasteiger partial charge in [-0.2, -0.15) is 0 Å². The number of rotatable bonds is 6. The van der Waals surface area contributed by atoms with Gasteiger partial charge in [-0.05, 0) is 38.5 Å². The molecule has 12 heteroatoms. The summed E-state index contributed by atoms with van der Waals surface area (Å²) < 4.78 is 49.9. The molecule has 0 radical (unpaired) electrons. The van der Waals surface area contributed by atoms with Crippen LogP contribution in [-0.4, -0.2) is 52.3 Å². The second kappa shape index (κ2) is 10.6. The second-order valence-corrected chi connectivity index (χ2v) is 8.97. The molecule has 1 amide bonds. The van der Waals surface area contributed by atoms with E-state index in [0.717, 1.165) is 18.2 Å². The molecule has 3 heterocycles. The largest absolute Gasteiger partial charge is 0.488 e. The minimum absolute atomic E-state index is 0.239. The molecule has 0 unspecified atom stereocenters. The Bertz CT molecular complexity index is 1320. The van der Waals surface area contributed by atoms with Crippen molar-refractivity contribution in [3.8, 4) is 17.0 Å². The summed E-state index contributed by atoms with van der Waals surface area (Å²) in [7, 11) is 0. The molecule has 0 spiro atoms. The molecule has 196 valence electrons. The molecule has 6 N–H and O–H groups in total. The number of nitrogens with two attached hydrogens (primary N) is 2. The molecule has 4 rings (SSSR count). The van der Waals surface area contributed by atoms with Crippen LogP contribution in [0.1, 0.15) is 30.8 Å². The van der Waals surface area contributed by atoms with Crippen LogP contribution < -0.4 is 26.4 Å². The number of piperidine rings is 1. The number of halogens is 3. The minimum Gasteiger partial charge on any atom is -0.488 e. The summed E-state index contributed by atoms with van der Waals surface area (Å²) in [6.07, 6.45) is 2.25. The summed E-state index contributed by atoms with van der Waals surface area (Å²) in [6, 6.07) is 4.08. The summed E-state index contributed by atoms with van der Waals surface area (Å²) in [5, 5.41) is 12.8. The molecule has 0 aliphatic carbocycles. The maximum Gasteiger partial charge on any atom is 0.276 e. The Hall–Kier alpha value is -3.90. The lowest BCUT2D eigenvalue weighted by Gasteiger charge is -2.36. The summed E-state index contributed by atoms with van der Waals surface area (Å²) in [6.45, 7) is 4.07. The first-order chi connectivity index (χ1) is 17.6. The highest BCUT2D eigenvalue weighted by molar-refractivity contribution is 6.08. The molecule has 0 saturated carbocycles. The smallest absolute Gasteiger partial charge is 0.276 e. The van der Waals surface area contributed by atoms with E-state index < -0.39 is 52.5 Å². The fourth-order valence-corrected chi connectivity index (χ4v) is 4.06. The van der Waals surface area contributed by atoms with Crippen LogP contribution >= 0.6 is 0 Å². The number of ether oxygens (including phenoxy) is 1. The average molecular weight is 517 g/mol. The van der Waals surface area contributed by atoms with Crippen LogP contribution in [-0.2, 0) is 0 Å². The highest BCUT2D eigenvalue weighted by Gasteiger charge is 2.28. The van der Waals surface area contributed by atoms with Crippen LogP contribution in [0.2, 0.25) is 0 Å². The molecule has 1 aliphatic rings. The number of pyridine rings is 2. The van der Waals surface area contributed by atoms with Crippen molar-refractivity contribution in [2.24, 2.45) is 5.73 Å². The number of nitrogen functional groups attached to an aromatic ring is 1. The number of carbonyl (C=O) groups excluding carboxylic acids is 1. The predicted octanol–water partition coefficient (Wildman–Crippen LogP) is 3.08. The molecule has 1 aromatic carbocycles. The van der Waals surface area contributed by atoms with Crippen molar-refractivity contribution in [3.63, 3.8) is 0 Å². The van der Waals surface area contributed by atoms with Gasteiger partial charge in [-0.25, -0.2) is 18.2 Å². The van der Waals surface area contributed by atoms with Gasteiger partial charge in [0.25, 0.3) is 5.91 Å². The molecule has 37 heavy (non-hydrogen) atoms. The summed E-state index contributed by atoms with van der Waals surface area (Å²) in [5.74, 6) is -4.51. The summed E-state index contributed by atoms with van der Waals surface area (Å²) >= 11 is 0. The standard InChI is InChI=1S/C25H27F3N6O3/c1-12(2)37-20-4-3-13(26)21(22(20)28)23-14(27)9-16(30)24(33-23)25(36)32-17-10-31-7-5-18(17)34-8-6-15(29)19(35)11-34/h3-5,7,9-10,12,15,19,35H,6,8,11,29-30H2,1-2H3,(H,32,36)/t15-,19-/m1/s1. The van der Waals surface area contributed by atoms with Crippen molar-refractivity contribution in [1.82, 2.24) is 9.97 Å². The number of anilines is 3. The average Bonchev–Trinajstić information content (AvgIpc) is 2.84. The van der Waals surface area contributed by atoms with Gasteiger partial charge in [0.15, 0.2) is 23.1 Å². The molecular formula is C25H27F3N6O3. The van der Waals surface area contributed by atoms with Crippen LogP contribution in [0.5, 0.6) is 5.75 Å². The maximum absolute atomic E-state index is 15.1. The van der Waals surface area contributed by atoms with Gasteiger partial charge < -0.3 is 31.5 Å². The molecule has 1 aliphatic heterocycles. The van der Waals surface area contributed by atoms with Gasteiger partial charge in [0.05, 0.1) is 41.0 Å². The van der Waals surface area contributed by atoms with Gasteiger partial charge in [-0.15, -0.1) is 0 Å². The van der Waals surface area contributed by atoms with Gasteiger partial charge in [-0.3, -0.25) is 9.78 Å². The number of aliphatic hydroxyl groups excluding tert-OH is 1. The molecule has 3 aromatic rings. The Labute approximate surface area is 211 Å². The summed E-state index contributed by atoms with van der Waals surface area (Å²) in [5.41, 5.74) is 10.3. The third kappa shape index (κ3) is 5.44. The van der Waals surface area contributed by atoms with E-state index in [0.29, 0.717) is 18.7 Å². The van der Waals surface area contributed by atoms with Gasteiger partial charge in [0.1, 0.15) is 11.5 Å². The topological polar surface area (TPSA) is 140 Å². The number of hydrogen-bond acceptors (Lipinski definition) is 8. The Morgan fingerprint density at radius 1 is 1.24 bits per heavy atom. The van der Waals surface area contributed by atoms with Crippen LogP contribution in [0.4, 0.5) is 30.2 Å². The maximum atomic E-state index is 15.1. The molecular weight excluding hydrogens is 489 g/mol. The molecule has 2 atom stereocenters. The zero-order chi connectivity index (χ0) is 26.9. The van der Waals surface area contributed by atoms with E-state index in [9.17, 15) is 18.7 Å². The number of aromatic nitrogens is 2. The number of amides is 1. The SMILES string of the molecule is CC(C)Oc1ccc(F)c(-c2nc(C(=O)Nc3cnccc3N3CC[C@@H](N)[C@H](O)C3)c(N)cc2F)c1F. The van der Waals surface area contributed by atoms with Crippen molar-refractivity contribution in [2.45, 2.75) is 38.5 Å². The number of nitrogens with zero attached hydrogens (tertiary/aromatic N) is 3. The number of benzene rings is 1. The first-order valence-electron chi connectivity index (χ1n) is 11.6. The lowest BCUT2D eigenvalue weighted by atomic mass is 10.0. The second-order valence-electron chi connectivity index (χ2n) is 8.97. The Morgan fingerprint density at radius 2 is 2.00 bits per heavy atom. The van der Waals surface area contributed by atoms with E-state index in [-0.39, 0.29) is 29.7 Å². The number of β-amino-alcohol motifs (C(OH)–C–C–N with tert-alkyl or cyclic N) is 1. The first kappa shape index (κ1) is 26.2. The third-order valence-electron chi connectivity index (χ3n) is 5.90. The van der Waals surface area contributed by atoms with Crippen LogP contribution in [0.3, 0.4) is 0 Å². The van der Waals surface area contributed by atoms with Crippen molar-refractivity contribution >= 4 is 23.0 Å². The zero-order valence-electron chi connectivity index (χ0n) is 20.2. The minimum atomic E-state index is -1.16. The third-order valence-corrected chi connectivity index (χ3v) is 5.90. The first-order valence-corrected chi connectivity index (χ1v) is 11.6. The van der Waals surface area contributed by atoms with Gasteiger partial charge in [-0.1, -0.05) is 0 Å². The van der Waals surface area contributed by atoms with Gasteiger partial charge >= 0.3 is 0 Å². The van der Waals surface area contributed by atoms with Gasteiger partial charge in [0, 0.05) is 31.4 Å². The van der Waals surface area contributed by atoms with Crippen molar-refractivity contribution < 1.29 is 27.8 Å². The molecule has 1 fully saturated rings. The van der Waals surface area contributed by atoms with E-state index >= 15 is 4.39 Å². The van der Waals surface area contributed by atoms with E-state index in [1.807, 2.05) is 4.90 Å². The molecule has 9 nitrogen and oxygen atoms in total. The Kier molecular flexibility index (Phi) is 7.50. The highest BCUT2D eigenvalue weighted by atomic mass is 19.1. The molecule has 1 saturated heterocycles. The van der Waals surface area contributed by atoms with Crippen LogP contribution in [0.25, 0.3) is 11.3 Å². The number of hydrogen-bond donors (Lipinski definition) is 4. The van der Waals surface area contributed by atoms with Gasteiger partial charge in [0.2, 0.25) is 0 Å². The molecule has 2 aromatic heterocycles. The highest BCUT2D eigenvalue weighted by Crippen LogP contribution is 2.34. The normalized spacial score (nSPS) is 17.7. The Balaban J connectivity index is 1.69. The van der Waals surface area contributed by atoms with E-state index in [1.165, 1.54) is 12.4 Å². The van der Waals surface area contributed by atoms with E-state index in [4.69, 9.17) is 16.2 Å². The van der Waals surface area contributed by atoms with Crippen molar-refractivity contribution in [2.75, 3.05) is 29.0 Å². The lowest BCUT2D eigenvalue weighted by molar-refractivity contribution is 0.102. The summed E-state index contributed by atoms with van der Waals surface area (Å²) in [4.78, 5) is 22.9. The van der Waals surface area contributed by atoms with E-state index in [1.54, 1.807) is 19.9 Å². The number of aliphatic hydroxyl groups is 1. The van der Waals surface area contributed by atoms with Crippen molar-refractivity contribution in [1.29, 1.82) is 0 Å². The predicted molar refractivity (Wildman–Crippen MR) is 133 cm³/mol. The zero-order valence-corrected chi connectivity index (χ0v) is 20.2. The van der Waals surface area contributed by atoms with E-state index in [2.05, 4.69) is 15.3 Å². The fraction of sp³-hybridized carbons (Fsp3) is 0.320. The van der Waals surface area contributed by atoms with Crippen molar-refractivity contribution in [3.05, 3.63) is 59.8 Å². The Morgan fingerprint density at radius 3 is 2.70 bits per heavy atom. The fourth-order valence-electron chi connectivity index (χ4n) is 4.06. The lowest BCUT2D eigenvalue weighted by Crippen LogP contribution is -2.50. The monoisotopic (exact) mass is 516 g/mol. The molecule has 0 bridgehead atoms. The van der Waals surface area contributed by atoms with Crippen LogP contribution in [0, 0.1) is 17.5 Å². The number of carbonyl (C=O) groups is 1. The van der Waals surface area contributed by atoms with Crippen LogP contribution in [0.15, 0.2) is 36.7 Å².